The number of aromatic nitrogens is 2. The fourth-order valence-corrected chi connectivity index (χ4v) is 3.85. The number of pyridine rings is 1. The molecule has 0 aliphatic carbocycles. The van der Waals surface area contributed by atoms with Crippen molar-refractivity contribution in [2.45, 2.75) is 20.3 Å². The molecule has 0 bridgehead atoms. The van der Waals surface area contributed by atoms with Crippen LogP contribution < -0.4 is 5.73 Å². The minimum absolute atomic E-state index is 0.319. The summed E-state index contributed by atoms with van der Waals surface area (Å²) in [6.45, 7) is 4.12. The van der Waals surface area contributed by atoms with Crippen molar-refractivity contribution in [1.29, 1.82) is 0 Å². The van der Waals surface area contributed by atoms with Gasteiger partial charge in [-0.2, -0.15) is 0 Å². The minimum atomic E-state index is -0.519. The molecule has 3 rings (SSSR count). The van der Waals surface area contributed by atoms with E-state index >= 15 is 0 Å². The molecule has 0 saturated heterocycles. The first kappa shape index (κ1) is 17.2. The van der Waals surface area contributed by atoms with E-state index in [-0.39, 0.29) is 0 Å². The molecule has 0 aliphatic heterocycles. The van der Waals surface area contributed by atoms with E-state index in [9.17, 15) is 9.59 Å². The van der Waals surface area contributed by atoms with Crippen molar-refractivity contribution in [3.05, 3.63) is 40.5 Å². The normalized spacial score (nSPS) is 11.2. The molecular formula is C18H19N3O3S. The highest BCUT2D eigenvalue weighted by atomic mass is 32.1. The number of thiophene rings is 1. The van der Waals surface area contributed by atoms with E-state index < -0.39 is 11.9 Å². The maximum Gasteiger partial charge on any atom is 0.348 e. The molecule has 3 aromatic heterocycles. The van der Waals surface area contributed by atoms with Crippen LogP contribution in [0.25, 0.3) is 21.5 Å². The molecule has 3 N–H and O–H groups in total. The Hall–Kier alpha value is -2.67. The van der Waals surface area contributed by atoms with Gasteiger partial charge in [-0.05, 0) is 30.5 Å². The Labute approximate surface area is 149 Å². The lowest BCUT2D eigenvalue weighted by Gasteiger charge is -2.14. The van der Waals surface area contributed by atoms with Crippen molar-refractivity contribution in [3.8, 4) is 10.4 Å². The number of ether oxygens (including phenoxy) is 1. The zero-order valence-electron chi connectivity index (χ0n) is 14.3. The molecule has 130 valence electrons. The fourth-order valence-electron chi connectivity index (χ4n) is 2.86. The third-order valence-corrected chi connectivity index (χ3v) is 4.95. The third-order valence-electron chi connectivity index (χ3n) is 3.87. The van der Waals surface area contributed by atoms with E-state index in [1.807, 2.05) is 12.1 Å². The number of esters is 1. The first-order valence-corrected chi connectivity index (χ1v) is 8.72. The number of nitrogens with one attached hydrogen (secondary N) is 1. The van der Waals surface area contributed by atoms with Crippen LogP contribution in [0.3, 0.4) is 0 Å². The number of amides is 1. The molecule has 0 radical (unpaired) electrons. The van der Waals surface area contributed by atoms with Gasteiger partial charge in [-0.3, -0.25) is 4.79 Å². The van der Waals surface area contributed by atoms with E-state index in [0.29, 0.717) is 34.1 Å². The van der Waals surface area contributed by atoms with Gasteiger partial charge < -0.3 is 15.5 Å². The van der Waals surface area contributed by atoms with E-state index in [2.05, 4.69) is 23.8 Å². The molecular weight excluding hydrogens is 338 g/mol. The van der Waals surface area contributed by atoms with Gasteiger partial charge in [-0.1, -0.05) is 13.8 Å². The summed E-state index contributed by atoms with van der Waals surface area (Å²) < 4.78 is 4.77. The molecule has 0 atom stereocenters. The largest absolute Gasteiger partial charge is 0.465 e. The zero-order chi connectivity index (χ0) is 18.1. The molecule has 0 saturated carbocycles. The van der Waals surface area contributed by atoms with Crippen molar-refractivity contribution in [2.75, 3.05) is 7.11 Å². The Morgan fingerprint density at radius 2 is 2.08 bits per heavy atom. The van der Waals surface area contributed by atoms with Gasteiger partial charge in [0.15, 0.2) is 0 Å². The van der Waals surface area contributed by atoms with Crippen LogP contribution in [-0.4, -0.2) is 29.0 Å². The minimum Gasteiger partial charge on any atom is -0.465 e. The second-order valence-electron chi connectivity index (χ2n) is 6.17. The number of primary amides is 1. The van der Waals surface area contributed by atoms with Gasteiger partial charge >= 0.3 is 5.97 Å². The summed E-state index contributed by atoms with van der Waals surface area (Å²) in [7, 11) is 1.34. The summed E-state index contributed by atoms with van der Waals surface area (Å²) in [5.74, 6) is -0.604. The highest BCUT2D eigenvalue weighted by Crippen LogP contribution is 2.37. The monoisotopic (exact) mass is 357 g/mol. The van der Waals surface area contributed by atoms with Gasteiger partial charge in [0.25, 0.3) is 5.91 Å². The number of hydrogen-bond acceptors (Lipinski definition) is 5. The number of aromatic amines is 1. The van der Waals surface area contributed by atoms with Crippen molar-refractivity contribution in [3.63, 3.8) is 0 Å². The molecule has 0 spiro atoms. The summed E-state index contributed by atoms with van der Waals surface area (Å²) in [6.07, 6.45) is 2.41. The van der Waals surface area contributed by atoms with Crippen LogP contribution in [0.1, 0.15) is 39.6 Å². The summed E-state index contributed by atoms with van der Waals surface area (Å²) in [5, 5.41) is 0.805. The Balaban J connectivity index is 2.29. The van der Waals surface area contributed by atoms with E-state index in [1.54, 1.807) is 12.3 Å². The molecule has 0 aromatic carbocycles. The van der Waals surface area contributed by atoms with Crippen molar-refractivity contribution >= 4 is 34.2 Å². The molecule has 0 fully saturated rings. The number of H-pyrrole nitrogens is 1. The Kier molecular flexibility index (Phi) is 4.59. The second kappa shape index (κ2) is 6.68. The van der Waals surface area contributed by atoms with E-state index in [0.717, 1.165) is 15.8 Å². The number of hydrogen-bond donors (Lipinski definition) is 2. The van der Waals surface area contributed by atoms with Crippen LogP contribution in [0.5, 0.6) is 0 Å². The summed E-state index contributed by atoms with van der Waals surface area (Å²) in [6, 6.07) is 5.36. The standard InChI is InChI=1S/C18H19N3O3S/c1-9(2)8-11-15(16(19)22)14(10-6-7-20-17(10)21-11)12-4-5-13(25-12)18(23)24-3/h4-7,9H,8H2,1-3H3,(H2,19,22)(H,20,21). The number of carbonyl (C=O) groups excluding carboxylic acids is 2. The van der Waals surface area contributed by atoms with E-state index in [4.69, 9.17) is 10.5 Å². The predicted molar refractivity (Wildman–Crippen MR) is 97.8 cm³/mol. The maximum atomic E-state index is 12.2. The summed E-state index contributed by atoms with van der Waals surface area (Å²) in [5.41, 5.74) is 8.20. The number of nitrogens with two attached hydrogens (primary N) is 1. The quantitative estimate of drug-likeness (QED) is 0.684. The topological polar surface area (TPSA) is 98.1 Å². The number of fused-ring (bicyclic) bond motifs is 1. The zero-order valence-corrected chi connectivity index (χ0v) is 15.1. The first-order chi connectivity index (χ1) is 11.9. The Bertz CT molecular complexity index is 956. The average molecular weight is 357 g/mol. The lowest BCUT2D eigenvalue weighted by Crippen LogP contribution is -2.17. The van der Waals surface area contributed by atoms with Gasteiger partial charge in [0, 0.05) is 22.0 Å². The predicted octanol–water partition coefficient (Wildman–Crippen LogP) is 3.38. The Morgan fingerprint density at radius 3 is 2.72 bits per heavy atom. The van der Waals surface area contributed by atoms with Gasteiger partial charge in [0.05, 0.1) is 18.4 Å². The molecule has 25 heavy (non-hydrogen) atoms. The van der Waals surface area contributed by atoms with Crippen LogP contribution in [0.2, 0.25) is 0 Å². The van der Waals surface area contributed by atoms with Crippen LogP contribution in [0.15, 0.2) is 24.4 Å². The highest BCUT2D eigenvalue weighted by Gasteiger charge is 2.23. The third kappa shape index (κ3) is 3.15. The summed E-state index contributed by atoms with van der Waals surface area (Å²) >= 11 is 1.27. The van der Waals surface area contributed by atoms with Gasteiger partial charge in [-0.15, -0.1) is 11.3 Å². The van der Waals surface area contributed by atoms with E-state index in [1.165, 1.54) is 18.4 Å². The smallest absolute Gasteiger partial charge is 0.348 e. The molecule has 3 heterocycles. The molecule has 7 heteroatoms. The van der Waals surface area contributed by atoms with Crippen LogP contribution >= 0.6 is 11.3 Å². The van der Waals surface area contributed by atoms with Gasteiger partial charge in [-0.25, -0.2) is 9.78 Å². The van der Waals surface area contributed by atoms with Gasteiger partial charge in [0.1, 0.15) is 10.5 Å². The van der Waals surface area contributed by atoms with Crippen LogP contribution in [0, 0.1) is 5.92 Å². The number of carbonyl (C=O) groups is 2. The number of methoxy groups -OCH3 is 1. The SMILES string of the molecule is COC(=O)c1ccc(-c2c(C(N)=O)c(CC(C)C)nc3[nH]ccc23)s1. The fraction of sp³-hybridized carbons (Fsp3) is 0.278. The average Bonchev–Trinajstić information content (AvgIpc) is 3.20. The number of nitrogens with zero attached hydrogens (tertiary/aromatic N) is 1. The highest BCUT2D eigenvalue weighted by molar-refractivity contribution is 7.17. The van der Waals surface area contributed by atoms with Gasteiger partial charge in [0.2, 0.25) is 0 Å². The molecule has 3 aromatic rings. The molecule has 0 unspecified atom stereocenters. The Morgan fingerprint density at radius 1 is 1.32 bits per heavy atom. The van der Waals surface area contributed by atoms with Crippen molar-refractivity contribution in [2.24, 2.45) is 11.7 Å². The maximum absolute atomic E-state index is 12.2. The van der Waals surface area contributed by atoms with Crippen LogP contribution in [0.4, 0.5) is 0 Å². The summed E-state index contributed by atoms with van der Waals surface area (Å²) in [4.78, 5) is 33.0. The lowest BCUT2D eigenvalue weighted by atomic mass is 9.96. The lowest BCUT2D eigenvalue weighted by molar-refractivity contribution is 0.0606. The molecule has 6 nitrogen and oxygen atoms in total. The second-order valence-corrected chi connectivity index (χ2v) is 7.25. The number of rotatable bonds is 5. The van der Waals surface area contributed by atoms with Crippen molar-refractivity contribution in [1.82, 2.24) is 9.97 Å². The molecule has 1 amide bonds. The molecule has 0 aliphatic rings. The van der Waals surface area contributed by atoms with Crippen LogP contribution in [-0.2, 0) is 11.2 Å². The van der Waals surface area contributed by atoms with Crippen molar-refractivity contribution < 1.29 is 14.3 Å². The first-order valence-electron chi connectivity index (χ1n) is 7.90.